The van der Waals surface area contributed by atoms with Crippen LogP contribution in [0.1, 0.15) is 41.6 Å². The predicted octanol–water partition coefficient (Wildman–Crippen LogP) is 3.56. The molecule has 2 aromatic carbocycles. The summed E-state index contributed by atoms with van der Waals surface area (Å²) >= 11 is 0. The number of para-hydroxylation sites is 1. The summed E-state index contributed by atoms with van der Waals surface area (Å²) in [6.07, 6.45) is 3.26. The Morgan fingerprint density at radius 3 is 2.62 bits per heavy atom. The Labute approximate surface area is 199 Å². The normalized spacial score (nSPS) is 19.6. The molecule has 2 saturated heterocycles. The van der Waals surface area contributed by atoms with Gasteiger partial charge in [-0.2, -0.15) is 0 Å². The van der Waals surface area contributed by atoms with Crippen molar-refractivity contribution < 1.29 is 23.4 Å². The first kappa shape index (κ1) is 22.9. The monoisotopic (exact) mass is 469 g/mol. The summed E-state index contributed by atoms with van der Waals surface area (Å²) in [5, 5.41) is 3.27. The van der Waals surface area contributed by atoms with Gasteiger partial charge in [-0.1, -0.05) is 18.2 Å². The van der Waals surface area contributed by atoms with Gasteiger partial charge in [0.1, 0.15) is 18.6 Å². The number of nitrogens with zero attached hydrogens (tertiary/aromatic N) is 2. The van der Waals surface area contributed by atoms with Crippen molar-refractivity contribution in [3.05, 3.63) is 53.3 Å². The lowest BCUT2D eigenvalue weighted by Crippen LogP contribution is -2.48. The highest BCUT2D eigenvalue weighted by Gasteiger charge is 2.31. The maximum absolute atomic E-state index is 14.9. The Bertz CT molecular complexity index is 1020. The van der Waals surface area contributed by atoms with Crippen LogP contribution in [0, 0.1) is 5.82 Å². The largest absolute Gasteiger partial charge is 0.496 e. The van der Waals surface area contributed by atoms with E-state index < -0.39 is 5.82 Å². The van der Waals surface area contributed by atoms with E-state index in [4.69, 9.17) is 14.2 Å². The SMILES string of the molecule is COc1cc(OC2CCNCC2)c(F)cc1C(=O)N1CCC(N2COCc3ccccc32)CC1. The number of fused-ring (bicyclic) bond motifs is 1. The van der Waals surface area contributed by atoms with Gasteiger partial charge in [0, 0.05) is 36.4 Å². The van der Waals surface area contributed by atoms with Crippen molar-refractivity contribution >= 4 is 11.6 Å². The topological polar surface area (TPSA) is 63.3 Å². The van der Waals surface area contributed by atoms with Gasteiger partial charge in [-0.15, -0.1) is 0 Å². The molecule has 3 aliphatic heterocycles. The third kappa shape index (κ3) is 4.70. The number of likely N-dealkylation sites (tertiary alicyclic amines) is 1. The fourth-order valence-electron chi connectivity index (χ4n) is 5.14. The molecule has 0 bridgehead atoms. The molecule has 3 heterocycles. The number of carbonyl (C=O) groups is 1. The number of amides is 1. The molecular weight excluding hydrogens is 437 g/mol. The molecule has 182 valence electrons. The van der Waals surface area contributed by atoms with Gasteiger partial charge in [0.25, 0.3) is 5.91 Å². The molecule has 2 fully saturated rings. The van der Waals surface area contributed by atoms with E-state index in [1.807, 2.05) is 6.07 Å². The average molecular weight is 470 g/mol. The van der Waals surface area contributed by atoms with Crippen LogP contribution in [0.2, 0.25) is 0 Å². The Morgan fingerprint density at radius 1 is 1.09 bits per heavy atom. The van der Waals surface area contributed by atoms with Crippen LogP contribution in [0.25, 0.3) is 0 Å². The molecular formula is C26H32FN3O4. The number of ether oxygens (including phenoxy) is 3. The molecule has 34 heavy (non-hydrogen) atoms. The van der Waals surface area contributed by atoms with Gasteiger partial charge < -0.3 is 29.3 Å². The molecule has 0 radical (unpaired) electrons. The highest BCUT2D eigenvalue weighted by Crippen LogP contribution is 2.33. The number of halogens is 1. The smallest absolute Gasteiger partial charge is 0.257 e. The number of rotatable bonds is 5. The molecule has 0 aliphatic carbocycles. The fourth-order valence-corrected chi connectivity index (χ4v) is 5.14. The van der Waals surface area contributed by atoms with Crippen LogP contribution >= 0.6 is 0 Å². The van der Waals surface area contributed by atoms with Crippen LogP contribution in [0.3, 0.4) is 0 Å². The summed E-state index contributed by atoms with van der Waals surface area (Å²) in [7, 11) is 1.50. The summed E-state index contributed by atoms with van der Waals surface area (Å²) in [6.45, 7) is 4.09. The first-order valence-corrected chi connectivity index (χ1v) is 12.1. The van der Waals surface area contributed by atoms with Gasteiger partial charge in [-0.25, -0.2) is 4.39 Å². The minimum atomic E-state index is -0.528. The number of carbonyl (C=O) groups excluding carboxylic acids is 1. The average Bonchev–Trinajstić information content (AvgIpc) is 2.89. The van der Waals surface area contributed by atoms with Crippen molar-refractivity contribution in [2.75, 3.05) is 44.9 Å². The molecule has 5 rings (SSSR count). The van der Waals surface area contributed by atoms with E-state index in [1.54, 1.807) is 4.90 Å². The minimum Gasteiger partial charge on any atom is -0.496 e. The number of methoxy groups -OCH3 is 1. The molecule has 0 spiro atoms. The maximum atomic E-state index is 14.9. The first-order chi connectivity index (χ1) is 16.6. The maximum Gasteiger partial charge on any atom is 0.257 e. The highest BCUT2D eigenvalue weighted by atomic mass is 19.1. The molecule has 8 heteroatoms. The van der Waals surface area contributed by atoms with Crippen molar-refractivity contribution in [2.45, 2.75) is 44.4 Å². The lowest BCUT2D eigenvalue weighted by Gasteiger charge is -2.42. The minimum absolute atomic E-state index is 0.0371. The van der Waals surface area contributed by atoms with Crippen LogP contribution in [-0.4, -0.2) is 63.0 Å². The van der Waals surface area contributed by atoms with Crippen LogP contribution < -0.4 is 19.7 Å². The molecule has 1 amide bonds. The Morgan fingerprint density at radius 2 is 1.85 bits per heavy atom. The Kier molecular flexibility index (Phi) is 6.87. The van der Waals surface area contributed by atoms with E-state index in [0.717, 1.165) is 38.8 Å². The van der Waals surface area contributed by atoms with Gasteiger partial charge in [-0.05, 0) is 50.9 Å². The van der Waals surface area contributed by atoms with E-state index in [2.05, 4.69) is 28.4 Å². The number of anilines is 1. The number of piperidine rings is 2. The third-order valence-electron chi connectivity index (χ3n) is 7.05. The second-order valence-electron chi connectivity index (χ2n) is 9.15. The third-order valence-corrected chi connectivity index (χ3v) is 7.05. The summed E-state index contributed by atoms with van der Waals surface area (Å²) in [4.78, 5) is 17.4. The van der Waals surface area contributed by atoms with E-state index in [9.17, 15) is 9.18 Å². The molecule has 2 aromatic rings. The lowest BCUT2D eigenvalue weighted by atomic mass is 10.00. The fraction of sp³-hybridized carbons (Fsp3) is 0.500. The van der Waals surface area contributed by atoms with Crippen LogP contribution in [0.5, 0.6) is 11.5 Å². The summed E-state index contributed by atoms with van der Waals surface area (Å²) in [5.41, 5.74) is 2.65. The quantitative estimate of drug-likeness (QED) is 0.723. The number of hydrogen-bond acceptors (Lipinski definition) is 6. The van der Waals surface area contributed by atoms with E-state index in [0.29, 0.717) is 38.2 Å². The van der Waals surface area contributed by atoms with E-state index in [-0.39, 0.29) is 23.3 Å². The zero-order chi connectivity index (χ0) is 23.5. The van der Waals surface area contributed by atoms with E-state index >= 15 is 0 Å². The number of nitrogens with one attached hydrogen (secondary N) is 1. The second-order valence-corrected chi connectivity index (χ2v) is 9.15. The van der Waals surface area contributed by atoms with Crippen molar-refractivity contribution in [1.82, 2.24) is 10.2 Å². The van der Waals surface area contributed by atoms with Gasteiger partial charge in [0.15, 0.2) is 11.6 Å². The number of benzene rings is 2. The van der Waals surface area contributed by atoms with Crippen molar-refractivity contribution in [1.29, 1.82) is 0 Å². The Hall–Kier alpha value is -2.84. The van der Waals surface area contributed by atoms with Crippen molar-refractivity contribution in [2.24, 2.45) is 0 Å². The molecule has 0 atom stereocenters. The molecule has 0 aromatic heterocycles. The van der Waals surface area contributed by atoms with Gasteiger partial charge in [-0.3, -0.25) is 4.79 Å². The van der Waals surface area contributed by atoms with Crippen LogP contribution in [0.4, 0.5) is 10.1 Å². The standard InChI is InChI=1S/C26H32FN3O4/c1-32-24-15-25(34-20-6-10-28-11-7-20)22(27)14-21(24)26(31)29-12-8-19(9-13-29)30-17-33-16-18-4-2-3-5-23(18)30/h2-5,14-15,19-20,28H,6-13,16-17H2,1H3. The Balaban J connectivity index is 1.26. The summed E-state index contributed by atoms with van der Waals surface area (Å²) < 4.78 is 32.0. The number of hydrogen-bond donors (Lipinski definition) is 1. The van der Waals surface area contributed by atoms with Gasteiger partial charge in [0.05, 0.1) is 19.3 Å². The summed E-state index contributed by atoms with van der Waals surface area (Å²) in [5.74, 6) is -0.254. The highest BCUT2D eigenvalue weighted by molar-refractivity contribution is 5.97. The molecule has 3 aliphatic rings. The van der Waals surface area contributed by atoms with Crippen molar-refractivity contribution in [3.63, 3.8) is 0 Å². The van der Waals surface area contributed by atoms with Crippen molar-refractivity contribution in [3.8, 4) is 11.5 Å². The molecule has 7 nitrogen and oxygen atoms in total. The molecule has 1 N–H and O–H groups in total. The summed E-state index contributed by atoms with van der Waals surface area (Å²) in [6, 6.07) is 11.4. The van der Waals surface area contributed by atoms with E-state index in [1.165, 1.54) is 30.5 Å². The molecule has 0 unspecified atom stereocenters. The first-order valence-electron chi connectivity index (χ1n) is 12.1. The van der Waals surface area contributed by atoms with Gasteiger partial charge in [0.2, 0.25) is 0 Å². The van der Waals surface area contributed by atoms with Crippen LogP contribution in [0.15, 0.2) is 36.4 Å². The molecule has 0 saturated carbocycles. The van der Waals surface area contributed by atoms with Crippen LogP contribution in [-0.2, 0) is 11.3 Å². The lowest BCUT2D eigenvalue weighted by molar-refractivity contribution is 0.0673. The predicted molar refractivity (Wildman–Crippen MR) is 127 cm³/mol. The zero-order valence-corrected chi connectivity index (χ0v) is 19.6. The second kappa shape index (κ2) is 10.2. The zero-order valence-electron chi connectivity index (χ0n) is 19.6. The van der Waals surface area contributed by atoms with Gasteiger partial charge >= 0.3 is 0 Å².